The molecule has 0 saturated heterocycles. The number of allylic oxidation sites excluding steroid dienone is 3. The molecule has 1 aliphatic carbocycles. The molecule has 0 aliphatic heterocycles. The van der Waals surface area contributed by atoms with Gasteiger partial charge in [0.2, 0.25) is 0 Å². The Morgan fingerprint density at radius 2 is 2.10 bits per heavy atom. The van der Waals surface area contributed by atoms with Crippen molar-refractivity contribution in [2.24, 2.45) is 0 Å². The first-order chi connectivity index (χ1) is 14.5. The van der Waals surface area contributed by atoms with E-state index in [-0.39, 0.29) is 11.9 Å². The second-order valence-electron chi connectivity index (χ2n) is 7.34. The normalized spacial score (nSPS) is 15.7. The van der Waals surface area contributed by atoms with Crippen LogP contribution in [0.15, 0.2) is 47.2 Å². The highest BCUT2D eigenvalue weighted by atomic mass is 32.2. The lowest BCUT2D eigenvalue weighted by Gasteiger charge is -2.22. The molecule has 1 fully saturated rings. The van der Waals surface area contributed by atoms with E-state index in [1.807, 2.05) is 4.68 Å². The number of ether oxygens (including phenoxy) is 1. The molecule has 164 valence electrons. The monoisotopic (exact) mass is 431 g/mol. The number of carbonyl (C=O) groups is 2. The maximum atomic E-state index is 12.9. The van der Waals surface area contributed by atoms with Gasteiger partial charge in [0.15, 0.2) is 0 Å². The zero-order valence-corrected chi connectivity index (χ0v) is 19.1. The van der Waals surface area contributed by atoms with Gasteiger partial charge in [0.25, 0.3) is 5.91 Å². The molecular formula is C23H33N3O3S. The van der Waals surface area contributed by atoms with Crippen LogP contribution in [0, 0.1) is 0 Å². The van der Waals surface area contributed by atoms with Gasteiger partial charge >= 0.3 is 5.97 Å². The molecule has 1 aromatic rings. The van der Waals surface area contributed by atoms with Gasteiger partial charge in [-0.3, -0.25) is 9.48 Å². The molecule has 1 aliphatic rings. The van der Waals surface area contributed by atoms with E-state index >= 15 is 0 Å². The molecule has 6 nitrogen and oxygen atoms in total. The molecule has 30 heavy (non-hydrogen) atoms. The fourth-order valence-corrected chi connectivity index (χ4v) is 4.38. The summed E-state index contributed by atoms with van der Waals surface area (Å²) in [5.41, 5.74) is 1.88. The number of rotatable bonds is 10. The maximum absolute atomic E-state index is 12.9. The molecule has 2 rings (SSSR count). The molecule has 1 aromatic heterocycles. The minimum absolute atomic E-state index is 0.0559. The average Bonchev–Trinajstić information content (AvgIpc) is 3.17. The van der Waals surface area contributed by atoms with Crippen molar-refractivity contribution in [2.75, 3.05) is 12.9 Å². The first-order valence-corrected chi connectivity index (χ1v) is 11.6. The van der Waals surface area contributed by atoms with Crippen molar-refractivity contribution < 1.29 is 14.3 Å². The standard InChI is InChI=1S/C23H33N3O3S/c1-5-13-30-22-20(21(27)25-19-11-9-8-10-12-19)15-24-26(22)16-17(6-2)14-18(7-3)23(28)29-4/h6-7,14-15,19H,2,5,8-13,16H2,1,3-4H3,(H,25,27)/b17-14+,18-7+. The van der Waals surface area contributed by atoms with Gasteiger partial charge in [0.1, 0.15) is 5.03 Å². The van der Waals surface area contributed by atoms with E-state index in [4.69, 9.17) is 4.74 Å². The van der Waals surface area contributed by atoms with E-state index in [0.717, 1.165) is 35.6 Å². The van der Waals surface area contributed by atoms with Gasteiger partial charge in [-0.2, -0.15) is 5.10 Å². The summed E-state index contributed by atoms with van der Waals surface area (Å²) in [6, 6.07) is 0.250. The number of esters is 1. The van der Waals surface area contributed by atoms with Gasteiger partial charge in [-0.15, -0.1) is 11.8 Å². The van der Waals surface area contributed by atoms with Gasteiger partial charge < -0.3 is 10.1 Å². The molecule has 1 saturated carbocycles. The lowest BCUT2D eigenvalue weighted by atomic mass is 9.95. The van der Waals surface area contributed by atoms with Gasteiger partial charge in [0.05, 0.1) is 31.0 Å². The summed E-state index contributed by atoms with van der Waals surface area (Å²) in [5, 5.41) is 8.51. The van der Waals surface area contributed by atoms with Crippen molar-refractivity contribution in [2.45, 2.75) is 70.0 Å². The Bertz CT molecular complexity index is 805. The van der Waals surface area contributed by atoms with Crippen LogP contribution < -0.4 is 5.32 Å². The molecule has 0 unspecified atom stereocenters. The van der Waals surface area contributed by atoms with Crippen LogP contribution in [-0.2, 0) is 16.1 Å². The summed E-state index contributed by atoms with van der Waals surface area (Å²) in [6.07, 6.45) is 13.5. The summed E-state index contributed by atoms with van der Waals surface area (Å²) in [4.78, 5) is 24.8. The van der Waals surface area contributed by atoms with Crippen LogP contribution in [0.5, 0.6) is 0 Å². The second kappa shape index (κ2) is 12.4. The van der Waals surface area contributed by atoms with Crippen molar-refractivity contribution in [3.8, 4) is 0 Å². The summed E-state index contributed by atoms with van der Waals surface area (Å²) >= 11 is 1.63. The molecule has 1 N–H and O–H groups in total. The Hall–Kier alpha value is -2.28. The van der Waals surface area contributed by atoms with E-state index in [9.17, 15) is 9.59 Å². The SMILES string of the molecule is C=C/C(=C\C(=C/C)C(=O)OC)Cn1ncc(C(=O)NC2CCCCC2)c1SCCC. The van der Waals surface area contributed by atoms with E-state index in [1.54, 1.807) is 43.1 Å². The first kappa shape index (κ1) is 24.0. The van der Waals surface area contributed by atoms with Crippen molar-refractivity contribution in [1.82, 2.24) is 15.1 Å². The zero-order valence-electron chi connectivity index (χ0n) is 18.3. The molecule has 0 atom stereocenters. The van der Waals surface area contributed by atoms with Crippen molar-refractivity contribution in [3.05, 3.63) is 47.7 Å². The molecule has 7 heteroatoms. The van der Waals surface area contributed by atoms with Gasteiger partial charge in [-0.25, -0.2) is 4.79 Å². The lowest BCUT2D eigenvalue weighted by Crippen LogP contribution is -2.36. The van der Waals surface area contributed by atoms with Crippen molar-refractivity contribution in [1.29, 1.82) is 0 Å². The Morgan fingerprint density at radius 1 is 1.37 bits per heavy atom. The van der Waals surface area contributed by atoms with Crippen LogP contribution in [0.4, 0.5) is 0 Å². The largest absolute Gasteiger partial charge is 0.465 e. The van der Waals surface area contributed by atoms with Crippen LogP contribution >= 0.6 is 11.8 Å². The first-order valence-electron chi connectivity index (χ1n) is 10.6. The molecular weight excluding hydrogens is 398 g/mol. The third-order valence-corrected chi connectivity index (χ3v) is 6.40. The minimum Gasteiger partial charge on any atom is -0.465 e. The third-order valence-electron chi connectivity index (χ3n) is 5.09. The number of thioether (sulfide) groups is 1. The fraction of sp³-hybridized carbons (Fsp3) is 0.522. The van der Waals surface area contributed by atoms with Crippen molar-refractivity contribution >= 4 is 23.6 Å². The smallest absolute Gasteiger partial charge is 0.337 e. The second-order valence-corrected chi connectivity index (χ2v) is 8.42. The predicted molar refractivity (Wildman–Crippen MR) is 122 cm³/mol. The lowest BCUT2D eigenvalue weighted by molar-refractivity contribution is -0.135. The fourth-order valence-electron chi connectivity index (χ4n) is 3.42. The molecule has 0 radical (unpaired) electrons. The number of methoxy groups -OCH3 is 1. The van der Waals surface area contributed by atoms with Gasteiger partial charge in [-0.05, 0) is 43.6 Å². The van der Waals surface area contributed by atoms with Crippen LogP contribution in [0.3, 0.4) is 0 Å². The van der Waals surface area contributed by atoms with E-state index in [0.29, 0.717) is 17.7 Å². The van der Waals surface area contributed by atoms with Crippen LogP contribution in [-0.4, -0.2) is 40.6 Å². The Kier molecular flexibility index (Phi) is 9.94. The molecule has 0 spiro atoms. The number of amides is 1. The summed E-state index contributed by atoms with van der Waals surface area (Å²) < 4.78 is 6.63. The highest BCUT2D eigenvalue weighted by Crippen LogP contribution is 2.26. The number of carbonyl (C=O) groups excluding carboxylic acids is 2. The number of hydrogen-bond acceptors (Lipinski definition) is 5. The highest BCUT2D eigenvalue weighted by Gasteiger charge is 2.22. The molecule has 0 aromatic carbocycles. The predicted octanol–water partition coefficient (Wildman–Crippen LogP) is 4.68. The van der Waals surface area contributed by atoms with Gasteiger partial charge in [0, 0.05) is 6.04 Å². The van der Waals surface area contributed by atoms with E-state index < -0.39 is 5.97 Å². The zero-order chi connectivity index (χ0) is 21.9. The molecule has 1 heterocycles. The molecule has 1 amide bonds. The third kappa shape index (κ3) is 6.62. The Morgan fingerprint density at radius 3 is 2.70 bits per heavy atom. The summed E-state index contributed by atoms with van der Waals surface area (Å²) in [5.74, 6) is 0.440. The maximum Gasteiger partial charge on any atom is 0.337 e. The van der Waals surface area contributed by atoms with Crippen LogP contribution in [0.2, 0.25) is 0 Å². The Labute approximate surface area is 183 Å². The highest BCUT2D eigenvalue weighted by molar-refractivity contribution is 7.99. The quantitative estimate of drug-likeness (QED) is 0.252. The average molecular weight is 432 g/mol. The number of aromatic nitrogens is 2. The van der Waals surface area contributed by atoms with Crippen LogP contribution in [0.25, 0.3) is 0 Å². The van der Waals surface area contributed by atoms with Crippen molar-refractivity contribution in [3.63, 3.8) is 0 Å². The summed E-state index contributed by atoms with van der Waals surface area (Å²) in [7, 11) is 1.36. The number of hydrogen-bond donors (Lipinski definition) is 1. The number of nitrogens with one attached hydrogen (secondary N) is 1. The van der Waals surface area contributed by atoms with E-state index in [1.165, 1.54) is 26.4 Å². The minimum atomic E-state index is -0.398. The number of nitrogens with zero attached hydrogens (tertiary/aromatic N) is 2. The van der Waals surface area contributed by atoms with E-state index in [2.05, 4.69) is 23.9 Å². The summed E-state index contributed by atoms with van der Waals surface area (Å²) in [6.45, 7) is 8.18. The van der Waals surface area contributed by atoms with Crippen LogP contribution in [0.1, 0.15) is 62.7 Å². The Balaban J connectivity index is 2.25. The topological polar surface area (TPSA) is 73.2 Å². The van der Waals surface area contributed by atoms with Gasteiger partial charge in [-0.1, -0.05) is 44.9 Å². The molecule has 0 bridgehead atoms.